The van der Waals surface area contributed by atoms with Crippen LogP contribution in [0.15, 0.2) is 29.3 Å². The Hall–Kier alpha value is -1.55. The van der Waals surface area contributed by atoms with Crippen LogP contribution >= 0.6 is 24.0 Å². The average Bonchev–Trinajstić information content (AvgIpc) is 3.15. The molecule has 1 amide bonds. The summed E-state index contributed by atoms with van der Waals surface area (Å²) in [5.41, 5.74) is 1.23. The lowest BCUT2D eigenvalue weighted by Gasteiger charge is -2.27. The first-order chi connectivity index (χ1) is 14.4. The van der Waals surface area contributed by atoms with Gasteiger partial charge in [-0.25, -0.2) is 4.99 Å². The fraction of sp³-hybridized carbons (Fsp3) is 0.652. The van der Waals surface area contributed by atoms with Crippen molar-refractivity contribution in [3.05, 3.63) is 29.8 Å². The molecule has 0 aromatic heterocycles. The number of hydrogen-bond donors (Lipinski definition) is 2. The number of carbonyl (C=O) groups is 1. The predicted molar refractivity (Wildman–Crippen MR) is 139 cm³/mol. The van der Waals surface area contributed by atoms with Crippen molar-refractivity contribution in [2.24, 2.45) is 10.9 Å². The SMILES string of the molecule is COc1ccc(CCNC(=NCC(=O)N(C)C)NC[C@H]2CCCN2CC(C)C)cc1.I. The third-order valence-corrected chi connectivity index (χ3v) is 5.34. The van der Waals surface area contributed by atoms with E-state index in [1.54, 1.807) is 26.1 Å². The molecule has 1 aliphatic heterocycles. The molecule has 0 spiro atoms. The van der Waals surface area contributed by atoms with Crippen molar-refractivity contribution in [1.29, 1.82) is 0 Å². The van der Waals surface area contributed by atoms with E-state index in [4.69, 9.17) is 4.74 Å². The van der Waals surface area contributed by atoms with Crippen LogP contribution < -0.4 is 15.4 Å². The van der Waals surface area contributed by atoms with Crippen LogP contribution in [0.5, 0.6) is 5.75 Å². The number of benzene rings is 1. The highest BCUT2D eigenvalue weighted by atomic mass is 127. The smallest absolute Gasteiger partial charge is 0.243 e. The number of halogens is 1. The lowest BCUT2D eigenvalue weighted by Crippen LogP contribution is -2.46. The zero-order valence-corrected chi connectivity index (χ0v) is 22.0. The minimum absolute atomic E-state index is 0. The highest BCUT2D eigenvalue weighted by Gasteiger charge is 2.24. The van der Waals surface area contributed by atoms with Crippen LogP contribution in [0, 0.1) is 5.92 Å². The minimum atomic E-state index is -0.00597. The molecule has 0 bridgehead atoms. The summed E-state index contributed by atoms with van der Waals surface area (Å²) < 4.78 is 5.21. The number of carbonyl (C=O) groups excluding carboxylic acids is 1. The number of aliphatic imine (C=N–C) groups is 1. The summed E-state index contributed by atoms with van der Waals surface area (Å²) >= 11 is 0. The molecule has 0 unspecified atom stereocenters. The van der Waals surface area contributed by atoms with Gasteiger partial charge < -0.3 is 20.3 Å². The summed E-state index contributed by atoms with van der Waals surface area (Å²) in [6.45, 7) is 8.56. The van der Waals surface area contributed by atoms with Crippen molar-refractivity contribution in [3.8, 4) is 5.75 Å². The van der Waals surface area contributed by atoms with Gasteiger partial charge in [-0.05, 0) is 49.4 Å². The number of likely N-dealkylation sites (N-methyl/N-ethyl adjacent to an activating group) is 1. The second-order valence-corrected chi connectivity index (χ2v) is 8.54. The standard InChI is InChI=1S/C23H39N5O2.HI/c1-18(2)17-28-14-6-7-20(28)15-25-23(26-16-22(29)27(3)4)24-13-12-19-8-10-21(30-5)11-9-19;/h8-11,18,20H,6-7,12-17H2,1-5H3,(H2,24,25,26);1H/t20-;/m1./s1. The number of nitrogens with one attached hydrogen (secondary N) is 2. The average molecular weight is 546 g/mol. The maximum atomic E-state index is 12.0. The molecule has 1 saturated heterocycles. The Morgan fingerprint density at radius 2 is 1.97 bits per heavy atom. The first-order valence-electron chi connectivity index (χ1n) is 11.0. The quantitative estimate of drug-likeness (QED) is 0.269. The van der Waals surface area contributed by atoms with Crippen LogP contribution in [-0.4, -0.2) is 81.6 Å². The van der Waals surface area contributed by atoms with Crippen LogP contribution in [0.3, 0.4) is 0 Å². The monoisotopic (exact) mass is 545 g/mol. The molecule has 0 aliphatic carbocycles. The van der Waals surface area contributed by atoms with Gasteiger partial charge in [-0.2, -0.15) is 0 Å². The summed E-state index contributed by atoms with van der Waals surface area (Å²) in [6, 6.07) is 8.61. The topological polar surface area (TPSA) is 69.2 Å². The van der Waals surface area contributed by atoms with E-state index in [-0.39, 0.29) is 36.4 Å². The number of guanidine groups is 1. The van der Waals surface area contributed by atoms with Gasteiger partial charge in [0.05, 0.1) is 7.11 Å². The van der Waals surface area contributed by atoms with Gasteiger partial charge in [-0.3, -0.25) is 9.69 Å². The summed E-state index contributed by atoms with van der Waals surface area (Å²) in [4.78, 5) is 20.6. The molecule has 31 heavy (non-hydrogen) atoms. The summed E-state index contributed by atoms with van der Waals surface area (Å²) in [6.07, 6.45) is 3.32. The molecule has 1 aromatic rings. The Morgan fingerprint density at radius 1 is 1.26 bits per heavy atom. The second kappa shape index (κ2) is 14.5. The maximum Gasteiger partial charge on any atom is 0.243 e. The lowest BCUT2D eigenvalue weighted by atomic mass is 10.1. The number of amides is 1. The Balaban J connectivity index is 0.00000480. The van der Waals surface area contributed by atoms with Crippen molar-refractivity contribution in [3.63, 3.8) is 0 Å². The van der Waals surface area contributed by atoms with Gasteiger partial charge >= 0.3 is 0 Å². The third-order valence-electron chi connectivity index (χ3n) is 5.34. The van der Waals surface area contributed by atoms with Gasteiger partial charge in [0.15, 0.2) is 5.96 Å². The molecule has 176 valence electrons. The molecular formula is C23H40IN5O2. The molecular weight excluding hydrogens is 505 g/mol. The van der Waals surface area contributed by atoms with Crippen LogP contribution in [0.1, 0.15) is 32.3 Å². The number of likely N-dealkylation sites (tertiary alicyclic amines) is 1. The van der Waals surface area contributed by atoms with E-state index in [0.717, 1.165) is 31.8 Å². The summed E-state index contributed by atoms with van der Waals surface area (Å²) in [5, 5.41) is 6.86. The van der Waals surface area contributed by atoms with E-state index in [2.05, 4.69) is 46.5 Å². The Labute approximate surface area is 205 Å². The van der Waals surface area contributed by atoms with Gasteiger partial charge in [-0.1, -0.05) is 26.0 Å². The van der Waals surface area contributed by atoms with Gasteiger partial charge in [0.2, 0.25) is 5.91 Å². The largest absolute Gasteiger partial charge is 0.497 e. The maximum absolute atomic E-state index is 12.0. The van der Waals surface area contributed by atoms with Gasteiger partial charge in [0.1, 0.15) is 12.3 Å². The third kappa shape index (κ3) is 10.1. The summed E-state index contributed by atoms with van der Waals surface area (Å²) in [5.74, 6) is 2.23. The Morgan fingerprint density at radius 3 is 2.58 bits per heavy atom. The van der Waals surface area contributed by atoms with Gasteiger partial charge in [-0.15, -0.1) is 24.0 Å². The Bertz CT molecular complexity index is 679. The predicted octanol–water partition coefficient (Wildman–Crippen LogP) is 2.60. The zero-order chi connectivity index (χ0) is 21.9. The molecule has 1 fully saturated rings. The van der Waals surface area contributed by atoms with E-state index >= 15 is 0 Å². The van der Waals surface area contributed by atoms with Crippen LogP contribution in [-0.2, 0) is 11.2 Å². The van der Waals surface area contributed by atoms with E-state index in [1.807, 2.05) is 12.1 Å². The van der Waals surface area contributed by atoms with Crippen LogP contribution in [0.4, 0.5) is 0 Å². The van der Waals surface area contributed by atoms with Crippen molar-refractivity contribution in [2.75, 3.05) is 53.9 Å². The lowest BCUT2D eigenvalue weighted by molar-refractivity contribution is -0.127. The normalized spacial score (nSPS) is 16.7. The number of methoxy groups -OCH3 is 1. The minimum Gasteiger partial charge on any atom is -0.497 e. The van der Waals surface area contributed by atoms with E-state index in [1.165, 1.54) is 24.9 Å². The highest BCUT2D eigenvalue weighted by molar-refractivity contribution is 14.0. The van der Waals surface area contributed by atoms with E-state index < -0.39 is 0 Å². The molecule has 1 aliphatic rings. The van der Waals surface area contributed by atoms with Crippen molar-refractivity contribution < 1.29 is 9.53 Å². The molecule has 1 heterocycles. The van der Waals surface area contributed by atoms with E-state index in [9.17, 15) is 4.79 Å². The number of ether oxygens (including phenoxy) is 1. The van der Waals surface area contributed by atoms with Crippen molar-refractivity contribution in [1.82, 2.24) is 20.4 Å². The molecule has 0 saturated carbocycles. The number of nitrogens with zero attached hydrogens (tertiary/aromatic N) is 3. The molecule has 1 aromatic carbocycles. The number of hydrogen-bond acceptors (Lipinski definition) is 4. The highest BCUT2D eigenvalue weighted by Crippen LogP contribution is 2.18. The number of rotatable bonds is 10. The fourth-order valence-electron chi connectivity index (χ4n) is 3.63. The molecule has 2 N–H and O–H groups in total. The van der Waals surface area contributed by atoms with Crippen LogP contribution in [0.2, 0.25) is 0 Å². The first-order valence-corrected chi connectivity index (χ1v) is 11.0. The molecule has 7 nitrogen and oxygen atoms in total. The van der Waals surface area contributed by atoms with Crippen molar-refractivity contribution in [2.45, 2.75) is 39.2 Å². The fourth-order valence-corrected chi connectivity index (χ4v) is 3.63. The molecule has 2 rings (SSSR count). The Kier molecular flexibility index (Phi) is 12.9. The van der Waals surface area contributed by atoms with Gasteiger partial charge in [0, 0.05) is 39.8 Å². The van der Waals surface area contributed by atoms with Crippen molar-refractivity contribution >= 4 is 35.8 Å². The zero-order valence-electron chi connectivity index (χ0n) is 19.7. The first kappa shape index (κ1) is 27.5. The second-order valence-electron chi connectivity index (χ2n) is 8.54. The van der Waals surface area contributed by atoms with E-state index in [0.29, 0.717) is 17.9 Å². The molecule has 0 radical (unpaired) electrons. The summed E-state index contributed by atoms with van der Waals surface area (Å²) in [7, 11) is 5.18. The molecule has 1 atom stereocenters. The van der Waals surface area contributed by atoms with Crippen LogP contribution in [0.25, 0.3) is 0 Å². The molecule has 8 heteroatoms. The van der Waals surface area contributed by atoms with Gasteiger partial charge in [0.25, 0.3) is 0 Å².